The van der Waals surface area contributed by atoms with Gasteiger partial charge in [0.25, 0.3) is 0 Å². The zero-order chi connectivity index (χ0) is 19.5. The van der Waals surface area contributed by atoms with E-state index in [0.29, 0.717) is 37.4 Å². The molecule has 0 saturated heterocycles. The van der Waals surface area contributed by atoms with Gasteiger partial charge >= 0.3 is 12.0 Å². The van der Waals surface area contributed by atoms with E-state index < -0.39 is 18.0 Å². The third-order valence-electron chi connectivity index (χ3n) is 3.91. The van der Waals surface area contributed by atoms with Gasteiger partial charge in [-0.05, 0) is 55.6 Å². The minimum atomic E-state index is -1.06. The molecule has 0 aromatic heterocycles. The Labute approximate surface area is 158 Å². The second kappa shape index (κ2) is 10.8. The molecular weight excluding hydrogens is 346 g/mol. The number of rotatable bonds is 10. The Bertz CT molecular complexity index is 720. The molecule has 0 aliphatic rings. The maximum atomic E-state index is 12.0. The van der Waals surface area contributed by atoms with Crippen LogP contribution in [-0.2, 0) is 11.4 Å². The van der Waals surface area contributed by atoms with Crippen molar-refractivity contribution in [2.75, 3.05) is 11.9 Å². The van der Waals surface area contributed by atoms with Gasteiger partial charge < -0.3 is 26.2 Å². The van der Waals surface area contributed by atoms with E-state index in [-0.39, 0.29) is 0 Å². The lowest BCUT2D eigenvalue weighted by Crippen LogP contribution is -2.43. The Morgan fingerprint density at radius 3 is 2.37 bits per heavy atom. The first-order chi connectivity index (χ1) is 13.1. The molecule has 2 rings (SSSR count). The first-order valence-electron chi connectivity index (χ1n) is 8.85. The molecule has 2 amide bonds. The fourth-order valence-corrected chi connectivity index (χ4v) is 2.45. The first kappa shape index (κ1) is 20.3. The lowest BCUT2D eigenvalue weighted by Gasteiger charge is -2.15. The van der Waals surface area contributed by atoms with Crippen molar-refractivity contribution in [3.63, 3.8) is 0 Å². The highest BCUT2D eigenvalue weighted by Gasteiger charge is 2.19. The fourth-order valence-electron chi connectivity index (χ4n) is 2.45. The molecule has 144 valence electrons. The van der Waals surface area contributed by atoms with Gasteiger partial charge in [-0.15, -0.1) is 0 Å². The molecule has 0 bridgehead atoms. The molecule has 0 saturated carbocycles. The summed E-state index contributed by atoms with van der Waals surface area (Å²) in [4.78, 5) is 23.2. The highest BCUT2D eigenvalue weighted by Crippen LogP contribution is 2.17. The number of nitrogens with one attached hydrogen (secondary N) is 2. The number of ether oxygens (including phenoxy) is 1. The zero-order valence-electron chi connectivity index (χ0n) is 15.1. The van der Waals surface area contributed by atoms with Crippen molar-refractivity contribution < 1.29 is 19.4 Å². The van der Waals surface area contributed by atoms with Crippen LogP contribution in [0.3, 0.4) is 0 Å². The summed E-state index contributed by atoms with van der Waals surface area (Å²) in [6, 6.07) is 15.2. The number of unbranched alkanes of at least 4 members (excludes halogenated alkanes) is 1. The monoisotopic (exact) mass is 371 g/mol. The predicted octanol–water partition coefficient (Wildman–Crippen LogP) is 2.97. The maximum absolute atomic E-state index is 12.0. The minimum absolute atomic E-state index is 0.340. The highest BCUT2D eigenvalue weighted by molar-refractivity contribution is 5.92. The molecule has 0 unspecified atom stereocenters. The van der Waals surface area contributed by atoms with Crippen LogP contribution in [0.5, 0.6) is 5.75 Å². The number of anilines is 1. The van der Waals surface area contributed by atoms with Crippen LogP contribution < -0.4 is 21.1 Å². The average Bonchev–Trinajstić information content (AvgIpc) is 2.67. The van der Waals surface area contributed by atoms with Gasteiger partial charge in [0.1, 0.15) is 18.4 Å². The van der Waals surface area contributed by atoms with E-state index in [1.54, 1.807) is 24.3 Å². The molecule has 0 fully saturated rings. The van der Waals surface area contributed by atoms with Gasteiger partial charge in [-0.1, -0.05) is 30.3 Å². The third-order valence-corrected chi connectivity index (χ3v) is 3.91. The van der Waals surface area contributed by atoms with E-state index in [1.165, 1.54) is 0 Å². The number of hydrogen-bond donors (Lipinski definition) is 4. The zero-order valence-corrected chi connectivity index (χ0v) is 15.1. The minimum Gasteiger partial charge on any atom is -0.489 e. The number of carboxylic acid groups (broad SMARTS) is 1. The molecule has 7 heteroatoms. The van der Waals surface area contributed by atoms with Gasteiger partial charge in [-0.3, -0.25) is 0 Å². The van der Waals surface area contributed by atoms with Crippen molar-refractivity contribution in [3.8, 4) is 5.75 Å². The molecule has 5 N–H and O–H groups in total. The number of carbonyl (C=O) groups excluding carboxylic acids is 1. The van der Waals surface area contributed by atoms with E-state index >= 15 is 0 Å². The van der Waals surface area contributed by atoms with E-state index in [9.17, 15) is 14.7 Å². The highest BCUT2D eigenvalue weighted by atomic mass is 16.5. The van der Waals surface area contributed by atoms with Crippen LogP contribution in [0.25, 0.3) is 0 Å². The van der Waals surface area contributed by atoms with Crippen LogP contribution >= 0.6 is 0 Å². The molecule has 2 aromatic rings. The molecular formula is C20H25N3O4. The number of aliphatic carboxylic acids is 1. The summed E-state index contributed by atoms with van der Waals surface area (Å²) in [5.74, 6) is -0.387. The summed E-state index contributed by atoms with van der Waals surface area (Å²) in [7, 11) is 0. The van der Waals surface area contributed by atoms with Gasteiger partial charge in [0.05, 0.1) is 0 Å². The van der Waals surface area contributed by atoms with Gasteiger partial charge in [0.2, 0.25) is 0 Å². The number of hydrogen-bond acceptors (Lipinski definition) is 4. The topological polar surface area (TPSA) is 114 Å². The Balaban J connectivity index is 1.82. The molecule has 0 aliphatic carbocycles. The van der Waals surface area contributed by atoms with Crippen LogP contribution in [0.4, 0.5) is 10.5 Å². The summed E-state index contributed by atoms with van der Waals surface area (Å²) >= 11 is 0. The molecule has 7 nitrogen and oxygen atoms in total. The molecule has 27 heavy (non-hydrogen) atoms. The lowest BCUT2D eigenvalue weighted by molar-refractivity contribution is -0.139. The van der Waals surface area contributed by atoms with Crippen molar-refractivity contribution >= 4 is 17.7 Å². The molecule has 0 radical (unpaired) electrons. The summed E-state index contributed by atoms with van der Waals surface area (Å²) in [5, 5.41) is 14.3. The normalized spacial score (nSPS) is 11.4. The van der Waals surface area contributed by atoms with Gasteiger partial charge in [0.15, 0.2) is 0 Å². The van der Waals surface area contributed by atoms with E-state index in [1.807, 2.05) is 30.3 Å². The lowest BCUT2D eigenvalue weighted by atomic mass is 10.1. The number of carbonyl (C=O) groups is 2. The van der Waals surface area contributed by atoms with Crippen LogP contribution in [-0.4, -0.2) is 29.7 Å². The number of urea groups is 1. The third kappa shape index (κ3) is 7.37. The van der Waals surface area contributed by atoms with Gasteiger partial charge in [-0.25, -0.2) is 9.59 Å². The Hall–Kier alpha value is -3.06. The number of carboxylic acids is 1. The largest absolute Gasteiger partial charge is 0.489 e. The van der Waals surface area contributed by atoms with E-state index in [0.717, 1.165) is 12.0 Å². The number of benzene rings is 2. The van der Waals surface area contributed by atoms with Crippen LogP contribution in [0.1, 0.15) is 24.8 Å². The fraction of sp³-hybridized carbons (Fsp3) is 0.300. The quantitative estimate of drug-likeness (QED) is 0.480. The average molecular weight is 371 g/mol. The van der Waals surface area contributed by atoms with Crippen molar-refractivity contribution in [1.29, 1.82) is 0 Å². The van der Waals surface area contributed by atoms with Crippen LogP contribution in [0.2, 0.25) is 0 Å². The predicted molar refractivity (Wildman–Crippen MR) is 104 cm³/mol. The summed E-state index contributed by atoms with van der Waals surface area (Å²) in [5.41, 5.74) is 7.01. The number of nitrogens with two attached hydrogens (primary N) is 1. The van der Waals surface area contributed by atoms with Crippen molar-refractivity contribution in [2.24, 2.45) is 5.73 Å². The standard InChI is InChI=1S/C20H25N3O4/c21-13-5-4-8-18(19(24)25)23-20(26)22-16-9-11-17(12-10-16)27-14-15-6-2-1-3-7-15/h1-3,6-7,9-12,18H,4-5,8,13-14,21H2,(H,24,25)(H2,22,23,26)/t18-/m1/s1. The van der Waals surface area contributed by atoms with E-state index in [2.05, 4.69) is 10.6 Å². The Morgan fingerprint density at radius 1 is 1.04 bits per heavy atom. The maximum Gasteiger partial charge on any atom is 0.326 e. The first-order valence-corrected chi connectivity index (χ1v) is 8.85. The molecule has 0 aliphatic heterocycles. The molecule has 0 heterocycles. The number of amides is 2. The summed E-state index contributed by atoms with van der Waals surface area (Å²) in [6.07, 6.45) is 1.70. The van der Waals surface area contributed by atoms with Crippen molar-refractivity contribution in [2.45, 2.75) is 31.9 Å². The van der Waals surface area contributed by atoms with Crippen molar-refractivity contribution in [1.82, 2.24) is 5.32 Å². The second-order valence-electron chi connectivity index (χ2n) is 6.07. The Morgan fingerprint density at radius 2 is 1.74 bits per heavy atom. The van der Waals surface area contributed by atoms with Crippen LogP contribution in [0, 0.1) is 0 Å². The van der Waals surface area contributed by atoms with Gasteiger partial charge in [-0.2, -0.15) is 0 Å². The summed E-state index contributed by atoms with van der Waals surface area (Å²) < 4.78 is 5.69. The second-order valence-corrected chi connectivity index (χ2v) is 6.07. The van der Waals surface area contributed by atoms with Crippen LogP contribution in [0.15, 0.2) is 54.6 Å². The SMILES string of the molecule is NCCCC[C@@H](NC(=O)Nc1ccc(OCc2ccccc2)cc1)C(=O)O. The van der Waals surface area contributed by atoms with Gasteiger partial charge in [0, 0.05) is 5.69 Å². The smallest absolute Gasteiger partial charge is 0.326 e. The Kier molecular flexibility index (Phi) is 8.12. The molecule has 0 spiro atoms. The van der Waals surface area contributed by atoms with Crippen molar-refractivity contribution in [3.05, 3.63) is 60.2 Å². The van der Waals surface area contributed by atoms with E-state index in [4.69, 9.17) is 10.5 Å². The molecule has 2 aromatic carbocycles. The molecule has 1 atom stereocenters. The summed E-state index contributed by atoms with van der Waals surface area (Å²) in [6.45, 7) is 0.953.